The number of hydrogen-bond acceptors (Lipinski definition) is 7. The lowest BCUT2D eigenvalue weighted by atomic mass is 10.2. The molecule has 0 atom stereocenters. The summed E-state index contributed by atoms with van der Waals surface area (Å²) in [6.45, 7) is 2.56. The fraction of sp³-hybridized carbons (Fsp3) is 0.208. The maximum atomic E-state index is 13.5. The van der Waals surface area contributed by atoms with Crippen LogP contribution in [0.2, 0.25) is 5.02 Å². The Balaban J connectivity index is 1.37. The summed E-state index contributed by atoms with van der Waals surface area (Å²) in [5.41, 5.74) is 2.93. The number of anilines is 1. The average molecular weight is 492 g/mol. The van der Waals surface area contributed by atoms with Gasteiger partial charge >= 0.3 is 0 Å². The molecule has 3 heterocycles. The van der Waals surface area contributed by atoms with Crippen molar-refractivity contribution < 1.29 is 4.79 Å². The van der Waals surface area contributed by atoms with Crippen LogP contribution in [0, 0.1) is 0 Å². The molecule has 5 rings (SSSR count). The van der Waals surface area contributed by atoms with Crippen molar-refractivity contribution in [1.82, 2.24) is 29.9 Å². The molecule has 8 nitrogen and oxygen atoms in total. The van der Waals surface area contributed by atoms with E-state index in [1.807, 2.05) is 59.5 Å². The van der Waals surface area contributed by atoms with E-state index in [2.05, 4.69) is 25.2 Å². The van der Waals surface area contributed by atoms with Gasteiger partial charge in [0.25, 0.3) is 5.91 Å². The first-order valence-corrected chi connectivity index (χ1v) is 12.3. The van der Waals surface area contributed by atoms with Crippen molar-refractivity contribution >= 4 is 35.0 Å². The molecule has 2 aromatic heterocycles. The van der Waals surface area contributed by atoms with Crippen LogP contribution in [-0.2, 0) is 5.75 Å². The highest BCUT2D eigenvalue weighted by atomic mass is 35.5. The van der Waals surface area contributed by atoms with Gasteiger partial charge in [-0.25, -0.2) is 14.6 Å². The summed E-state index contributed by atoms with van der Waals surface area (Å²) in [6.07, 6.45) is 3.40. The molecule has 1 fully saturated rings. The number of piperazine rings is 1. The Labute approximate surface area is 206 Å². The van der Waals surface area contributed by atoms with Crippen molar-refractivity contribution in [2.45, 2.75) is 10.9 Å². The van der Waals surface area contributed by atoms with E-state index < -0.39 is 0 Å². The minimum Gasteiger partial charge on any atom is -0.367 e. The predicted octanol–water partition coefficient (Wildman–Crippen LogP) is 3.97. The molecule has 1 aliphatic rings. The van der Waals surface area contributed by atoms with Gasteiger partial charge in [-0.1, -0.05) is 58.9 Å². The van der Waals surface area contributed by atoms with E-state index in [-0.39, 0.29) is 5.91 Å². The Morgan fingerprint density at radius 2 is 1.62 bits per heavy atom. The molecule has 0 spiro atoms. The molecule has 34 heavy (non-hydrogen) atoms. The van der Waals surface area contributed by atoms with Crippen LogP contribution in [0.4, 0.5) is 5.69 Å². The molecule has 0 N–H and O–H groups in total. The zero-order valence-corrected chi connectivity index (χ0v) is 19.9. The molecule has 0 bridgehead atoms. The highest BCUT2D eigenvalue weighted by Gasteiger charge is 2.28. The molecule has 0 unspecified atom stereocenters. The van der Waals surface area contributed by atoms with Gasteiger partial charge in [0.15, 0.2) is 10.9 Å². The predicted molar refractivity (Wildman–Crippen MR) is 133 cm³/mol. The number of thioether (sulfide) groups is 1. The SMILES string of the molecule is O=C(c1nnn(-c2ccccc2)c1CSc1ncccn1)N1CCN(c2ccccc2Cl)CC1. The number of carbonyl (C=O) groups excluding carboxylic acids is 1. The highest BCUT2D eigenvalue weighted by Crippen LogP contribution is 2.27. The Morgan fingerprint density at radius 1 is 0.912 bits per heavy atom. The van der Waals surface area contributed by atoms with Gasteiger partial charge in [-0.2, -0.15) is 0 Å². The lowest BCUT2D eigenvalue weighted by Crippen LogP contribution is -2.49. The number of benzene rings is 2. The third-order valence-electron chi connectivity index (χ3n) is 5.61. The summed E-state index contributed by atoms with van der Waals surface area (Å²) in [7, 11) is 0. The van der Waals surface area contributed by atoms with Gasteiger partial charge in [-0.05, 0) is 30.3 Å². The molecule has 2 aromatic carbocycles. The maximum Gasteiger partial charge on any atom is 0.276 e. The summed E-state index contributed by atoms with van der Waals surface area (Å²) < 4.78 is 1.73. The van der Waals surface area contributed by atoms with Crippen molar-refractivity contribution in [2.24, 2.45) is 0 Å². The van der Waals surface area contributed by atoms with Crippen LogP contribution in [-0.4, -0.2) is 61.9 Å². The van der Waals surface area contributed by atoms with Gasteiger partial charge in [0.05, 0.1) is 22.1 Å². The Hall–Kier alpha value is -3.43. The van der Waals surface area contributed by atoms with Crippen molar-refractivity contribution in [2.75, 3.05) is 31.1 Å². The number of carbonyl (C=O) groups is 1. The standard InChI is InChI=1S/C24H22ClN7OS/c25-19-9-4-5-10-20(19)30-13-15-31(16-14-30)23(33)22-21(17-34-24-26-11-6-12-27-24)32(29-28-22)18-7-2-1-3-8-18/h1-12H,13-17H2. The second-order valence-corrected chi connectivity index (χ2v) is 9.03. The second-order valence-electron chi connectivity index (χ2n) is 7.68. The number of aromatic nitrogens is 5. The fourth-order valence-electron chi connectivity index (χ4n) is 3.88. The quantitative estimate of drug-likeness (QED) is 0.298. The van der Waals surface area contributed by atoms with Crippen LogP contribution in [0.3, 0.4) is 0 Å². The first-order valence-electron chi connectivity index (χ1n) is 10.9. The molecule has 1 saturated heterocycles. The van der Waals surface area contributed by atoms with Crippen LogP contribution >= 0.6 is 23.4 Å². The third kappa shape index (κ3) is 4.76. The van der Waals surface area contributed by atoms with Gasteiger partial charge in [0, 0.05) is 44.3 Å². The first kappa shape index (κ1) is 22.4. The highest BCUT2D eigenvalue weighted by molar-refractivity contribution is 7.98. The van der Waals surface area contributed by atoms with Crippen LogP contribution in [0.1, 0.15) is 16.2 Å². The van der Waals surface area contributed by atoms with Crippen molar-refractivity contribution in [1.29, 1.82) is 0 Å². The molecule has 4 aromatic rings. The van der Waals surface area contributed by atoms with E-state index in [0.29, 0.717) is 42.8 Å². The number of hydrogen-bond donors (Lipinski definition) is 0. The van der Waals surface area contributed by atoms with E-state index in [1.54, 1.807) is 23.1 Å². The fourth-order valence-corrected chi connectivity index (χ4v) is 4.93. The number of halogens is 1. The van der Waals surface area contributed by atoms with E-state index >= 15 is 0 Å². The topological polar surface area (TPSA) is 80.0 Å². The summed E-state index contributed by atoms with van der Waals surface area (Å²) >= 11 is 7.81. The summed E-state index contributed by atoms with van der Waals surface area (Å²) in [5, 5.41) is 9.98. The minimum absolute atomic E-state index is 0.120. The molecular weight excluding hydrogens is 470 g/mol. The summed E-state index contributed by atoms with van der Waals surface area (Å²) in [5.74, 6) is 0.345. The first-order chi connectivity index (χ1) is 16.7. The molecule has 172 valence electrons. The van der Waals surface area contributed by atoms with E-state index in [9.17, 15) is 4.79 Å². The van der Waals surface area contributed by atoms with Crippen molar-refractivity contribution in [3.8, 4) is 5.69 Å². The largest absolute Gasteiger partial charge is 0.367 e. The molecule has 0 aliphatic carbocycles. The molecule has 0 saturated carbocycles. The van der Waals surface area contributed by atoms with Gasteiger partial charge in [-0.15, -0.1) is 5.10 Å². The zero-order chi connectivity index (χ0) is 23.3. The Kier molecular flexibility index (Phi) is 6.73. The molecule has 1 aliphatic heterocycles. The molecular formula is C24H22ClN7OS. The van der Waals surface area contributed by atoms with Crippen LogP contribution < -0.4 is 4.90 Å². The second kappa shape index (κ2) is 10.2. The minimum atomic E-state index is -0.120. The monoisotopic (exact) mass is 491 g/mol. The summed E-state index contributed by atoms with van der Waals surface area (Å²) in [6, 6.07) is 19.3. The lowest BCUT2D eigenvalue weighted by Gasteiger charge is -2.36. The van der Waals surface area contributed by atoms with Crippen LogP contribution in [0.15, 0.2) is 78.2 Å². The number of rotatable bonds is 6. The van der Waals surface area contributed by atoms with Gasteiger partial charge in [0.1, 0.15) is 0 Å². The van der Waals surface area contributed by atoms with Gasteiger partial charge in [-0.3, -0.25) is 4.79 Å². The Morgan fingerprint density at radius 3 is 2.35 bits per heavy atom. The maximum absolute atomic E-state index is 13.5. The van der Waals surface area contributed by atoms with Crippen LogP contribution in [0.5, 0.6) is 0 Å². The van der Waals surface area contributed by atoms with Crippen molar-refractivity contribution in [3.63, 3.8) is 0 Å². The number of nitrogens with zero attached hydrogens (tertiary/aromatic N) is 7. The Bertz CT molecular complexity index is 1260. The van der Waals surface area contributed by atoms with E-state index in [0.717, 1.165) is 22.1 Å². The zero-order valence-electron chi connectivity index (χ0n) is 18.3. The molecule has 10 heteroatoms. The number of para-hydroxylation sites is 2. The third-order valence-corrected chi connectivity index (χ3v) is 6.81. The average Bonchev–Trinajstić information content (AvgIpc) is 3.32. The van der Waals surface area contributed by atoms with Gasteiger partial charge < -0.3 is 9.80 Å². The van der Waals surface area contributed by atoms with E-state index in [4.69, 9.17) is 11.6 Å². The lowest BCUT2D eigenvalue weighted by molar-refractivity contribution is 0.0740. The van der Waals surface area contributed by atoms with Crippen LogP contribution in [0.25, 0.3) is 5.69 Å². The summed E-state index contributed by atoms with van der Waals surface area (Å²) in [4.78, 5) is 26.1. The molecule has 1 amide bonds. The number of amides is 1. The van der Waals surface area contributed by atoms with Gasteiger partial charge in [0.2, 0.25) is 0 Å². The normalized spacial score (nSPS) is 13.8. The van der Waals surface area contributed by atoms with E-state index in [1.165, 1.54) is 11.8 Å². The smallest absolute Gasteiger partial charge is 0.276 e. The van der Waals surface area contributed by atoms with Crippen molar-refractivity contribution in [3.05, 3.63) is 89.5 Å². The molecule has 0 radical (unpaired) electrons.